The average Bonchev–Trinajstić information content (AvgIpc) is 3.08. The molecule has 2 heterocycles. The SMILES string of the molecule is Nn1c(SCc2ccccc2Cl)nnc1-c1cccs1. The second-order valence-electron chi connectivity index (χ2n) is 4.03. The van der Waals surface area contributed by atoms with Gasteiger partial charge < -0.3 is 5.84 Å². The Hall–Kier alpha value is -1.50. The zero-order chi connectivity index (χ0) is 13.9. The topological polar surface area (TPSA) is 56.7 Å². The van der Waals surface area contributed by atoms with E-state index in [1.165, 1.54) is 16.4 Å². The first kappa shape index (κ1) is 13.5. The highest BCUT2D eigenvalue weighted by Gasteiger charge is 2.13. The molecule has 7 heteroatoms. The van der Waals surface area contributed by atoms with E-state index in [4.69, 9.17) is 17.4 Å². The number of nitrogens with zero attached hydrogens (tertiary/aromatic N) is 3. The van der Waals surface area contributed by atoms with Crippen LogP contribution in [0.1, 0.15) is 5.56 Å². The number of hydrogen-bond donors (Lipinski definition) is 1. The second-order valence-corrected chi connectivity index (χ2v) is 6.33. The van der Waals surface area contributed by atoms with Gasteiger partial charge in [0.05, 0.1) is 4.88 Å². The Morgan fingerprint density at radius 2 is 2.05 bits per heavy atom. The molecular formula is C13H11ClN4S2. The number of benzene rings is 1. The van der Waals surface area contributed by atoms with Crippen molar-refractivity contribution >= 4 is 34.7 Å². The molecule has 0 atom stereocenters. The highest BCUT2D eigenvalue weighted by molar-refractivity contribution is 7.98. The van der Waals surface area contributed by atoms with E-state index in [1.54, 1.807) is 11.3 Å². The third-order valence-electron chi connectivity index (χ3n) is 2.72. The van der Waals surface area contributed by atoms with Crippen molar-refractivity contribution in [3.05, 3.63) is 52.4 Å². The fourth-order valence-electron chi connectivity index (χ4n) is 1.71. The van der Waals surface area contributed by atoms with Crippen molar-refractivity contribution in [3.63, 3.8) is 0 Å². The van der Waals surface area contributed by atoms with Crippen LogP contribution in [0.15, 0.2) is 46.9 Å². The van der Waals surface area contributed by atoms with E-state index in [9.17, 15) is 0 Å². The van der Waals surface area contributed by atoms with Gasteiger partial charge in [0, 0.05) is 10.8 Å². The summed E-state index contributed by atoms with van der Waals surface area (Å²) in [6.45, 7) is 0. The van der Waals surface area contributed by atoms with Crippen molar-refractivity contribution in [1.29, 1.82) is 0 Å². The van der Waals surface area contributed by atoms with Crippen LogP contribution in [0.4, 0.5) is 0 Å². The molecule has 20 heavy (non-hydrogen) atoms. The molecule has 3 aromatic rings. The molecule has 3 rings (SSSR count). The lowest BCUT2D eigenvalue weighted by Gasteiger charge is -2.04. The van der Waals surface area contributed by atoms with Gasteiger partial charge in [0.1, 0.15) is 0 Å². The average molecular weight is 323 g/mol. The standard InChI is InChI=1S/C13H11ClN4S2/c14-10-5-2-1-4-9(10)8-20-13-17-16-12(18(13)15)11-6-3-7-19-11/h1-7H,8,15H2. The molecule has 0 saturated heterocycles. The Morgan fingerprint density at radius 3 is 2.80 bits per heavy atom. The number of thiophene rings is 1. The molecule has 0 unspecified atom stereocenters. The molecule has 0 amide bonds. The maximum Gasteiger partial charge on any atom is 0.210 e. The third-order valence-corrected chi connectivity index (χ3v) is 4.95. The van der Waals surface area contributed by atoms with Crippen molar-refractivity contribution < 1.29 is 0 Å². The van der Waals surface area contributed by atoms with E-state index in [2.05, 4.69) is 10.2 Å². The van der Waals surface area contributed by atoms with Gasteiger partial charge >= 0.3 is 0 Å². The molecule has 0 saturated carbocycles. The van der Waals surface area contributed by atoms with Gasteiger partial charge in [0.15, 0.2) is 5.82 Å². The molecule has 0 radical (unpaired) electrons. The van der Waals surface area contributed by atoms with Crippen LogP contribution in [-0.4, -0.2) is 14.9 Å². The smallest absolute Gasteiger partial charge is 0.210 e. The van der Waals surface area contributed by atoms with Gasteiger partial charge in [-0.2, -0.15) is 0 Å². The summed E-state index contributed by atoms with van der Waals surface area (Å²) in [6, 6.07) is 11.7. The van der Waals surface area contributed by atoms with E-state index < -0.39 is 0 Å². The summed E-state index contributed by atoms with van der Waals surface area (Å²) in [5.41, 5.74) is 1.06. The van der Waals surface area contributed by atoms with Gasteiger partial charge in [-0.25, -0.2) is 4.68 Å². The second kappa shape index (κ2) is 5.87. The van der Waals surface area contributed by atoms with Gasteiger partial charge in [-0.05, 0) is 23.1 Å². The minimum Gasteiger partial charge on any atom is -0.335 e. The van der Waals surface area contributed by atoms with Crippen molar-refractivity contribution in [2.45, 2.75) is 10.9 Å². The van der Waals surface area contributed by atoms with Gasteiger partial charge in [-0.3, -0.25) is 0 Å². The molecule has 102 valence electrons. The number of rotatable bonds is 4. The molecule has 1 aromatic carbocycles. The molecule has 0 aliphatic heterocycles. The minimum absolute atomic E-state index is 0.674. The predicted octanol–water partition coefficient (Wildman–Crippen LogP) is 3.67. The summed E-state index contributed by atoms with van der Waals surface area (Å²) >= 11 is 9.23. The lowest BCUT2D eigenvalue weighted by Crippen LogP contribution is -2.11. The monoisotopic (exact) mass is 322 g/mol. The van der Waals surface area contributed by atoms with Crippen LogP contribution in [0.5, 0.6) is 0 Å². The first-order valence-corrected chi connectivity index (χ1v) is 8.10. The molecule has 2 aromatic heterocycles. The van der Waals surface area contributed by atoms with Crippen LogP contribution in [-0.2, 0) is 5.75 Å². The van der Waals surface area contributed by atoms with Crippen molar-refractivity contribution in [3.8, 4) is 10.7 Å². The molecule has 2 N–H and O–H groups in total. The van der Waals surface area contributed by atoms with E-state index in [1.807, 2.05) is 41.8 Å². The van der Waals surface area contributed by atoms with Gasteiger partial charge in [0.25, 0.3) is 0 Å². The first-order valence-electron chi connectivity index (χ1n) is 5.86. The fourth-order valence-corrected chi connectivity index (χ4v) is 3.55. The quantitative estimate of drug-likeness (QED) is 0.588. The molecule has 0 fully saturated rings. The maximum absolute atomic E-state index is 6.13. The summed E-state index contributed by atoms with van der Waals surface area (Å²) in [6.07, 6.45) is 0. The van der Waals surface area contributed by atoms with Crippen LogP contribution in [0.2, 0.25) is 5.02 Å². The first-order chi connectivity index (χ1) is 9.75. The number of nitrogens with two attached hydrogens (primary N) is 1. The predicted molar refractivity (Wildman–Crippen MR) is 84.5 cm³/mol. The zero-order valence-electron chi connectivity index (χ0n) is 10.4. The lowest BCUT2D eigenvalue weighted by molar-refractivity contribution is 0.850. The molecule has 0 spiro atoms. The molecule has 0 aliphatic carbocycles. The van der Waals surface area contributed by atoms with E-state index in [0.717, 1.165) is 15.5 Å². The van der Waals surface area contributed by atoms with Crippen LogP contribution in [0.3, 0.4) is 0 Å². The molecule has 4 nitrogen and oxygen atoms in total. The van der Waals surface area contributed by atoms with Crippen molar-refractivity contribution in [2.75, 3.05) is 5.84 Å². The third kappa shape index (κ3) is 2.67. The highest BCUT2D eigenvalue weighted by Crippen LogP contribution is 2.28. The Kier molecular flexibility index (Phi) is 3.95. The Labute approximate surface area is 129 Å². The van der Waals surface area contributed by atoms with Crippen LogP contribution >= 0.6 is 34.7 Å². The summed E-state index contributed by atoms with van der Waals surface area (Å²) in [5.74, 6) is 7.43. The van der Waals surface area contributed by atoms with Crippen molar-refractivity contribution in [1.82, 2.24) is 14.9 Å². The Balaban J connectivity index is 1.78. The normalized spacial score (nSPS) is 10.8. The number of hydrogen-bond acceptors (Lipinski definition) is 5. The summed E-state index contributed by atoms with van der Waals surface area (Å²) in [4.78, 5) is 1.00. The van der Waals surface area contributed by atoms with Crippen LogP contribution < -0.4 is 5.84 Å². The Morgan fingerprint density at radius 1 is 1.20 bits per heavy atom. The van der Waals surface area contributed by atoms with E-state index >= 15 is 0 Å². The lowest BCUT2D eigenvalue weighted by atomic mass is 10.2. The van der Waals surface area contributed by atoms with Crippen LogP contribution in [0.25, 0.3) is 10.7 Å². The fraction of sp³-hybridized carbons (Fsp3) is 0.0769. The van der Waals surface area contributed by atoms with Gasteiger partial charge in [0.2, 0.25) is 5.16 Å². The Bertz CT molecular complexity index is 709. The van der Waals surface area contributed by atoms with Crippen LogP contribution in [0, 0.1) is 0 Å². The highest BCUT2D eigenvalue weighted by atomic mass is 35.5. The maximum atomic E-state index is 6.13. The van der Waals surface area contributed by atoms with E-state index in [0.29, 0.717) is 16.7 Å². The summed E-state index contributed by atoms with van der Waals surface area (Å²) in [5, 5.41) is 11.7. The molecule has 0 bridgehead atoms. The molecule has 0 aliphatic rings. The number of nitrogen functional groups attached to an aromatic ring is 1. The van der Waals surface area contributed by atoms with E-state index in [-0.39, 0.29) is 0 Å². The van der Waals surface area contributed by atoms with Gasteiger partial charge in [-0.1, -0.05) is 47.6 Å². The summed E-state index contributed by atoms with van der Waals surface area (Å²) in [7, 11) is 0. The largest absolute Gasteiger partial charge is 0.335 e. The number of halogens is 1. The van der Waals surface area contributed by atoms with Gasteiger partial charge in [-0.15, -0.1) is 21.5 Å². The zero-order valence-corrected chi connectivity index (χ0v) is 12.8. The molecular weight excluding hydrogens is 312 g/mol. The minimum atomic E-state index is 0.674. The number of aromatic nitrogens is 3. The summed E-state index contributed by atoms with van der Waals surface area (Å²) < 4.78 is 1.52. The van der Waals surface area contributed by atoms with Crippen molar-refractivity contribution in [2.24, 2.45) is 0 Å². The number of thioether (sulfide) groups is 1.